The van der Waals surface area contributed by atoms with E-state index in [0.29, 0.717) is 18.2 Å². The maximum atomic E-state index is 11.6. The van der Waals surface area contributed by atoms with Gasteiger partial charge in [0, 0.05) is 25.6 Å². The molecule has 0 bridgehead atoms. The standard InChI is InChI=1S/C22H30N4O2S/c1-23-21(24-16-18-10-6-7-13-20(18)26-29(2,27)28)25-17-22(14-8-9-15-22)19-11-4-3-5-12-19/h3-7,10-13,26H,8-9,14-17H2,1-2H3,(H2,23,24,25). The maximum Gasteiger partial charge on any atom is 0.229 e. The second kappa shape index (κ2) is 9.31. The van der Waals surface area contributed by atoms with Crippen molar-refractivity contribution < 1.29 is 8.42 Å². The summed E-state index contributed by atoms with van der Waals surface area (Å²) in [7, 11) is -1.58. The lowest BCUT2D eigenvalue weighted by Gasteiger charge is -2.31. The predicted octanol–water partition coefficient (Wildman–Crippen LogP) is 3.24. The summed E-state index contributed by atoms with van der Waals surface area (Å²) in [5, 5.41) is 6.80. The molecule has 0 spiro atoms. The molecule has 6 nitrogen and oxygen atoms in total. The van der Waals surface area contributed by atoms with Gasteiger partial charge in [0.1, 0.15) is 0 Å². The first-order chi connectivity index (χ1) is 13.9. The molecule has 1 saturated carbocycles. The van der Waals surface area contributed by atoms with Crippen LogP contribution < -0.4 is 15.4 Å². The summed E-state index contributed by atoms with van der Waals surface area (Å²) in [4.78, 5) is 4.35. The van der Waals surface area contributed by atoms with E-state index in [-0.39, 0.29) is 5.41 Å². The molecule has 0 unspecified atom stereocenters. The lowest BCUT2D eigenvalue weighted by molar-refractivity contribution is 0.431. The fourth-order valence-electron chi connectivity index (χ4n) is 4.04. The molecule has 2 aromatic rings. The van der Waals surface area contributed by atoms with Crippen molar-refractivity contribution >= 4 is 21.7 Å². The Balaban J connectivity index is 1.65. The van der Waals surface area contributed by atoms with Gasteiger partial charge < -0.3 is 10.6 Å². The van der Waals surface area contributed by atoms with E-state index >= 15 is 0 Å². The summed E-state index contributed by atoms with van der Waals surface area (Å²) >= 11 is 0. The quantitative estimate of drug-likeness (QED) is 0.480. The van der Waals surface area contributed by atoms with E-state index in [1.54, 1.807) is 13.1 Å². The Bertz CT molecular complexity index is 936. The first kappa shape index (κ1) is 21.2. The van der Waals surface area contributed by atoms with Gasteiger partial charge in [0.05, 0.1) is 11.9 Å². The number of guanidine groups is 1. The minimum absolute atomic E-state index is 0.134. The molecule has 1 fully saturated rings. The Hall–Kier alpha value is -2.54. The minimum atomic E-state index is -3.33. The topological polar surface area (TPSA) is 82.6 Å². The van der Waals surface area contributed by atoms with E-state index in [2.05, 4.69) is 50.7 Å². The fraction of sp³-hybridized carbons (Fsp3) is 0.409. The molecule has 1 aliphatic rings. The summed E-state index contributed by atoms with van der Waals surface area (Å²) in [5.74, 6) is 0.710. The lowest BCUT2D eigenvalue weighted by Crippen LogP contribution is -2.44. The maximum absolute atomic E-state index is 11.6. The van der Waals surface area contributed by atoms with Crippen LogP contribution in [0.1, 0.15) is 36.8 Å². The molecule has 3 N–H and O–H groups in total. The van der Waals surface area contributed by atoms with Gasteiger partial charge in [-0.25, -0.2) is 8.42 Å². The first-order valence-corrected chi connectivity index (χ1v) is 11.9. The molecule has 0 radical (unpaired) electrons. The zero-order chi connectivity index (χ0) is 20.7. The van der Waals surface area contributed by atoms with Crippen molar-refractivity contribution in [1.82, 2.24) is 10.6 Å². The van der Waals surface area contributed by atoms with Crippen LogP contribution in [0.5, 0.6) is 0 Å². The molecule has 3 rings (SSSR count). The summed E-state index contributed by atoms with van der Waals surface area (Å²) < 4.78 is 25.8. The zero-order valence-corrected chi connectivity index (χ0v) is 17.9. The Morgan fingerprint density at radius 2 is 1.66 bits per heavy atom. The predicted molar refractivity (Wildman–Crippen MR) is 120 cm³/mol. The van der Waals surface area contributed by atoms with Gasteiger partial charge in [-0.3, -0.25) is 9.71 Å². The number of para-hydroxylation sites is 1. The number of rotatable bonds is 7. The van der Waals surface area contributed by atoms with Crippen molar-refractivity contribution in [3.8, 4) is 0 Å². The number of hydrogen-bond acceptors (Lipinski definition) is 3. The molecule has 0 atom stereocenters. The molecule has 0 aliphatic heterocycles. The van der Waals surface area contributed by atoms with Crippen LogP contribution >= 0.6 is 0 Å². The highest BCUT2D eigenvalue weighted by atomic mass is 32.2. The third-order valence-corrected chi connectivity index (χ3v) is 6.11. The normalized spacial score (nSPS) is 16.4. The lowest BCUT2D eigenvalue weighted by atomic mass is 9.79. The smallest absolute Gasteiger partial charge is 0.229 e. The number of sulfonamides is 1. The molecule has 1 aliphatic carbocycles. The van der Waals surface area contributed by atoms with Crippen LogP contribution in [0, 0.1) is 0 Å². The zero-order valence-electron chi connectivity index (χ0n) is 17.1. The summed E-state index contributed by atoms with van der Waals surface area (Å²) in [5.41, 5.74) is 2.95. The minimum Gasteiger partial charge on any atom is -0.356 e. The highest BCUT2D eigenvalue weighted by Gasteiger charge is 2.35. The van der Waals surface area contributed by atoms with Crippen molar-refractivity contribution in [3.05, 3.63) is 65.7 Å². The largest absolute Gasteiger partial charge is 0.356 e. The fourth-order valence-corrected chi connectivity index (χ4v) is 4.64. The second-order valence-corrected chi connectivity index (χ2v) is 9.41. The van der Waals surface area contributed by atoms with E-state index in [0.717, 1.165) is 18.4 Å². The van der Waals surface area contributed by atoms with Crippen LogP contribution in [0.3, 0.4) is 0 Å². The first-order valence-electron chi connectivity index (χ1n) is 9.98. The third kappa shape index (κ3) is 5.73. The van der Waals surface area contributed by atoms with Gasteiger partial charge in [-0.1, -0.05) is 61.4 Å². The average Bonchev–Trinajstić information content (AvgIpc) is 3.19. The Labute approximate surface area is 173 Å². The highest BCUT2D eigenvalue weighted by molar-refractivity contribution is 7.92. The van der Waals surface area contributed by atoms with Gasteiger partial charge >= 0.3 is 0 Å². The molecular formula is C22H30N4O2S. The van der Waals surface area contributed by atoms with Crippen LogP contribution in [0.25, 0.3) is 0 Å². The monoisotopic (exact) mass is 414 g/mol. The van der Waals surface area contributed by atoms with Crippen LogP contribution in [0.4, 0.5) is 5.69 Å². The van der Waals surface area contributed by atoms with E-state index in [1.807, 2.05) is 18.2 Å². The van der Waals surface area contributed by atoms with Crippen molar-refractivity contribution in [1.29, 1.82) is 0 Å². The molecule has 2 aromatic carbocycles. The van der Waals surface area contributed by atoms with Crippen molar-refractivity contribution in [3.63, 3.8) is 0 Å². The van der Waals surface area contributed by atoms with Crippen molar-refractivity contribution in [2.24, 2.45) is 4.99 Å². The number of aliphatic imine (C=N–C) groups is 1. The Morgan fingerprint density at radius 1 is 1.00 bits per heavy atom. The van der Waals surface area contributed by atoms with Crippen molar-refractivity contribution in [2.75, 3.05) is 24.6 Å². The number of hydrogen-bond donors (Lipinski definition) is 3. The number of nitrogens with zero attached hydrogens (tertiary/aromatic N) is 1. The van der Waals surface area contributed by atoms with Crippen molar-refractivity contribution in [2.45, 2.75) is 37.6 Å². The van der Waals surface area contributed by atoms with E-state index in [9.17, 15) is 8.42 Å². The van der Waals surface area contributed by atoms with E-state index in [1.165, 1.54) is 31.2 Å². The molecule has 0 saturated heterocycles. The summed E-state index contributed by atoms with van der Waals surface area (Å²) in [6.45, 7) is 1.29. The van der Waals surface area contributed by atoms with Gasteiger partial charge in [-0.05, 0) is 30.0 Å². The van der Waals surface area contributed by atoms with Crippen LogP contribution in [0.15, 0.2) is 59.6 Å². The highest BCUT2D eigenvalue weighted by Crippen LogP contribution is 2.40. The van der Waals surface area contributed by atoms with Crippen LogP contribution in [-0.2, 0) is 22.0 Å². The number of benzene rings is 2. The SMILES string of the molecule is CN=C(NCc1ccccc1NS(C)(=O)=O)NCC1(c2ccccc2)CCCC1. The number of nitrogens with one attached hydrogen (secondary N) is 3. The third-order valence-electron chi connectivity index (χ3n) is 5.52. The van der Waals surface area contributed by atoms with E-state index < -0.39 is 10.0 Å². The number of anilines is 1. The summed E-state index contributed by atoms with van der Waals surface area (Å²) in [6, 6.07) is 18.1. The molecule has 29 heavy (non-hydrogen) atoms. The Morgan fingerprint density at radius 3 is 2.31 bits per heavy atom. The molecule has 7 heteroatoms. The molecular weight excluding hydrogens is 384 g/mol. The van der Waals surface area contributed by atoms with E-state index in [4.69, 9.17) is 0 Å². The Kier molecular flexibility index (Phi) is 6.79. The second-order valence-electron chi connectivity index (χ2n) is 7.66. The van der Waals surface area contributed by atoms with Crippen LogP contribution in [0.2, 0.25) is 0 Å². The van der Waals surface area contributed by atoms with Gasteiger partial charge in [0.15, 0.2) is 5.96 Å². The molecule has 156 valence electrons. The van der Waals surface area contributed by atoms with Gasteiger partial charge in [-0.15, -0.1) is 0 Å². The van der Waals surface area contributed by atoms with Gasteiger partial charge in [0.25, 0.3) is 0 Å². The molecule has 0 heterocycles. The molecule has 0 aromatic heterocycles. The van der Waals surface area contributed by atoms with Gasteiger partial charge in [0.2, 0.25) is 10.0 Å². The summed E-state index contributed by atoms with van der Waals surface area (Å²) in [6.07, 6.45) is 5.98. The average molecular weight is 415 g/mol. The van der Waals surface area contributed by atoms with Crippen LogP contribution in [-0.4, -0.2) is 34.2 Å². The molecule has 0 amide bonds. The van der Waals surface area contributed by atoms with Gasteiger partial charge in [-0.2, -0.15) is 0 Å².